The zero-order chi connectivity index (χ0) is 101. The van der Waals surface area contributed by atoms with E-state index >= 15 is 0 Å². The number of hydrogen-bond acceptors (Lipinski definition) is 26. The summed E-state index contributed by atoms with van der Waals surface area (Å²) in [6.45, 7) is 33.1. The summed E-state index contributed by atoms with van der Waals surface area (Å²) in [5, 5.41) is 5.26. The van der Waals surface area contributed by atoms with Gasteiger partial charge in [-0.3, -0.25) is 0 Å². The van der Waals surface area contributed by atoms with Crippen LogP contribution in [0.5, 0.6) is 80.5 Å². The molecule has 6 aromatic heterocycles. The van der Waals surface area contributed by atoms with Crippen LogP contribution in [-0.4, -0.2) is 173 Å². The van der Waals surface area contributed by atoms with E-state index in [1.165, 1.54) is 0 Å². The van der Waals surface area contributed by atoms with E-state index in [-0.39, 0.29) is 23.3 Å². The van der Waals surface area contributed by atoms with Crippen molar-refractivity contribution in [2.24, 2.45) is 0 Å². The lowest BCUT2D eigenvalue weighted by Crippen LogP contribution is -2.05. The fraction of sp³-hybridized carbons (Fsp3) is 0.443. The molecule has 8 aromatic carbocycles. The molecule has 0 radical (unpaired) electrons. The maximum atomic E-state index is 6.87. The van der Waals surface area contributed by atoms with Gasteiger partial charge in [0.1, 0.15) is 56.7 Å². The number of rotatable bonds is 51. The topological polar surface area (TPSA) is 347 Å². The number of unbranched alkanes of at least 4 members (excludes halogenated alkanes) is 12. The fourth-order valence-electron chi connectivity index (χ4n) is 18.2. The Morgan fingerprint density at radius 2 is 0.379 bits per heavy atom. The van der Waals surface area contributed by atoms with Crippen LogP contribution in [0.15, 0.2) is 91.0 Å². The normalized spacial score (nSPS) is 11.9. The number of ether oxygens (including phenoxy) is 14. The van der Waals surface area contributed by atoms with Gasteiger partial charge in [0.25, 0.3) is 0 Å². The maximum Gasteiger partial charge on any atom is 0.165 e. The molecule has 0 spiro atoms. The Morgan fingerprint density at radius 3 is 0.621 bits per heavy atom. The summed E-state index contributed by atoms with van der Waals surface area (Å²) in [5.41, 5.74) is 9.85. The highest BCUT2D eigenvalue weighted by Gasteiger charge is 2.37. The van der Waals surface area contributed by atoms with Gasteiger partial charge in [-0.05, 0) is 175 Å². The molecule has 0 saturated carbocycles. The Balaban J connectivity index is 0.984. The largest absolute Gasteiger partial charge is 0.496 e. The Morgan fingerprint density at radius 1 is 0.186 bits per heavy atom. The number of fused-ring (bicyclic) bond motifs is 40. The van der Waals surface area contributed by atoms with Crippen molar-refractivity contribution in [2.45, 2.75) is 244 Å². The molecule has 0 atom stereocenters. The number of methoxy groups -OCH3 is 2. The van der Waals surface area contributed by atoms with Crippen LogP contribution in [0.1, 0.15) is 243 Å². The van der Waals surface area contributed by atoms with Gasteiger partial charge < -0.3 is 86.3 Å². The first-order valence-corrected chi connectivity index (χ1v) is 52.9. The van der Waals surface area contributed by atoms with Crippen LogP contribution in [0.4, 0.5) is 0 Å². The molecule has 0 saturated heterocycles. The van der Waals surface area contributed by atoms with Crippen molar-refractivity contribution in [1.29, 1.82) is 0 Å². The summed E-state index contributed by atoms with van der Waals surface area (Å²) in [4.78, 5) is 83.7. The molecule has 10 heterocycles. The van der Waals surface area contributed by atoms with Crippen molar-refractivity contribution in [3.63, 3.8) is 0 Å². The first kappa shape index (κ1) is 101. The first-order chi connectivity index (χ1) is 71.2. The predicted molar refractivity (Wildman–Crippen MR) is 574 cm³/mol. The summed E-state index contributed by atoms with van der Waals surface area (Å²) < 4.78 is 95.1. The molecule has 14 aromatic rings. The van der Waals surface area contributed by atoms with Crippen molar-refractivity contribution in [1.82, 2.24) is 79.7 Å². The zero-order valence-electron chi connectivity index (χ0n) is 86.7. The molecule has 4 aliphatic heterocycles. The predicted octanol–water partition coefficient (Wildman–Crippen LogP) is 28.2. The summed E-state index contributed by atoms with van der Waals surface area (Å²) >= 11 is 0. The van der Waals surface area contributed by atoms with Crippen molar-refractivity contribution in [2.75, 3.05) is 93.5 Å². The van der Waals surface area contributed by atoms with Gasteiger partial charge in [0.05, 0.1) is 93.5 Å². The van der Waals surface area contributed by atoms with Crippen LogP contribution in [-0.2, 0) is 0 Å². The third-order valence-electron chi connectivity index (χ3n) is 26.4. The Hall–Kier alpha value is -14.3. The summed E-state index contributed by atoms with van der Waals surface area (Å²) in [6, 6.07) is 29.7. The van der Waals surface area contributed by atoms with Crippen molar-refractivity contribution in [3.05, 3.63) is 96.6 Å². The van der Waals surface area contributed by atoms with Crippen LogP contribution in [0.2, 0.25) is 0 Å². The summed E-state index contributed by atoms with van der Waals surface area (Å²) in [5.74, 6) is 9.89. The van der Waals surface area contributed by atoms with Crippen LogP contribution in [0, 0.1) is 6.92 Å². The molecule has 30 heteroatoms. The molecule has 0 fully saturated rings. The van der Waals surface area contributed by atoms with E-state index in [1.807, 2.05) is 97.9 Å². The highest BCUT2D eigenvalue weighted by atomic mass is 16.5. The number of H-pyrrole nitrogens is 4. The van der Waals surface area contributed by atoms with Gasteiger partial charge in [0.2, 0.25) is 0 Å². The molecule has 0 unspecified atom stereocenters. The molecule has 760 valence electrons. The molecule has 0 aliphatic carbocycles. The minimum atomic E-state index is 0.221. The molecular weight excluding hydrogens is 1830 g/mol. The number of nitrogens with one attached hydrogen (secondary N) is 4. The number of aromatic nitrogens is 16. The average Bonchev–Trinajstić information content (AvgIpc) is 1.49. The number of hydrogen-bond donors (Lipinski definition) is 4. The minimum Gasteiger partial charge on any atom is -0.496 e. The summed E-state index contributed by atoms with van der Waals surface area (Å²) in [7, 11) is 3.31. The monoisotopic (exact) mass is 1970 g/mol. The second kappa shape index (κ2) is 47.0. The average molecular weight is 1970 g/mol. The SMILES string of the molecule is CCCCOc1cc2c(cc1OCCCC)-c1nc-2nc2[nH]c(nc3nc(nc4[nH]c(n1)c1cc(OCCCC)c(OCCCC)cc41)-c1c-3ccc(OC)c1-c1c(OC)ccc3c1-c1nc-3nc3[nH]c(nc4nc(nc5[nH]c(n1)c1cc(OCCCC)c(OCCCC)cc51)-c1cc(OCCCC)c(OCCCC)c(C)c1-4)c1cc(OCCCC)c(OCCCC)cc31)c1cc(OCCCC)c(OCCCC)cc21. The van der Waals surface area contributed by atoms with Crippen LogP contribution in [0.3, 0.4) is 0 Å². The van der Waals surface area contributed by atoms with Gasteiger partial charge in [0, 0.05) is 104 Å². The molecule has 145 heavy (non-hydrogen) atoms. The molecule has 18 rings (SSSR count). The maximum absolute atomic E-state index is 6.87. The van der Waals surface area contributed by atoms with Gasteiger partial charge in [-0.15, -0.1) is 0 Å². The lowest BCUT2D eigenvalue weighted by molar-refractivity contribution is 0.261. The quantitative estimate of drug-likeness (QED) is 0.0257. The van der Waals surface area contributed by atoms with Gasteiger partial charge in [-0.25, -0.2) is 59.8 Å². The molecule has 16 bridgehead atoms. The number of nitrogens with zero attached hydrogens (tertiary/aromatic N) is 12. The Bertz CT molecular complexity index is 7430. The van der Waals surface area contributed by atoms with Gasteiger partial charge in [-0.1, -0.05) is 160 Å². The highest BCUT2D eigenvalue weighted by Crippen LogP contribution is 2.57. The fourth-order valence-corrected chi connectivity index (χ4v) is 18.2. The van der Waals surface area contributed by atoms with E-state index in [9.17, 15) is 0 Å². The molecule has 30 nitrogen and oxygen atoms in total. The van der Waals surface area contributed by atoms with Crippen molar-refractivity contribution in [3.8, 4) is 183 Å². The highest BCUT2D eigenvalue weighted by molar-refractivity contribution is 6.13. The van der Waals surface area contributed by atoms with Crippen LogP contribution < -0.4 is 66.3 Å². The third kappa shape index (κ3) is 21.2. The van der Waals surface area contributed by atoms with Gasteiger partial charge >= 0.3 is 0 Å². The van der Waals surface area contributed by atoms with Gasteiger partial charge in [0.15, 0.2) is 116 Å². The number of aromatic amines is 4. The lowest BCUT2D eigenvalue weighted by atomic mass is 9.89. The molecule has 4 aliphatic rings. The van der Waals surface area contributed by atoms with E-state index in [2.05, 4.69) is 103 Å². The Kier molecular flexibility index (Phi) is 32.7. The van der Waals surface area contributed by atoms with E-state index in [4.69, 9.17) is 126 Å². The van der Waals surface area contributed by atoms with Crippen LogP contribution in [0.25, 0.3) is 190 Å². The summed E-state index contributed by atoms with van der Waals surface area (Å²) in [6.07, 6.45) is 20.7. The van der Waals surface area contributed by atoms with Crippen molar-refractivity contribution < 1.29 is 66.3 Å². The zero-order valence-corrected chi connectivity index (χ0v) is 86.7. The third-order valence-corrected chi connectivity index (χ3v) is 26.4. The molecule has 0 amide bonds. The van der Waals surface area contributed by atoms with Crippen molar-refractivity contribution >= 4 is 88.3 Å². The van der Waals surface area contributed by atoms with E-state index in [0.717, 1.165) is 165 Å². The first-order valence-electron chi connectivity index (χ1n) is 52.9. The smallest absolute Gasteiger partial charge is 0.165 e. The minimum absolute atomic E-state index is 0.221. The number of benzene rings is 8. The standard InChI is InChI=1S/C115H136N16O14/c1-16-28-44-134-83-56-70-71(57-84(83)135-45-29-17-2)104-118-102(70)116-100-68-40-42-81(132-14)97(95(68)114(126-100)129-110-78-64-91(142-52-36-24-9)88(139-49-33-21-6)61-75(78)107(123-110)121-106-73-59-86(137-47-31-19-4)85(136-46-30-18-3)58-72(73)105(119-104)120-106)98-82(133-15)43-41-69-96(98)115-127-101(69)117-103-74-60-87(138-48-32-20-5)90(141-51-35-23-8)63-77(74)109(122-103)128-113-94-67(13)99(145-55-39-27-12)93(144-54-38-26-11)66-80(94)112(131-113)125-108-76-62-89(140-50-34-22-7)92(143-53-37-25-10)65-79(76)111(124-108)130-115/h40-43,56-66H,16-39,44-55H2,1-15H3,(H2,116,118,119,120,121,123,126,129)(H2,117,122,124,125,127,128,130,131). The van der Waals surface area contributed by atoms with Crippen LogP contribution >= 0.6 is 0 Å². The second-order valence-electron chi connectivity index (χ2n) is 37.2. The van der Waals surface area contributed by atoms with E-state index in [1.54, 1.807) is 14.2 Å². The second-order valence-corrected chi connectivity index (χ2v) is 37.2. The lowest BCUT2D eigenvalue weighted by Gasteiger charge is -2.19. The van der Waals surface area contributed by atoms with E-state index in [0.29, 0.717) is 321 Å². The van der Waals surface area contributed by atoms with E-state index < -0.39 is 0 Å². The molecule has 4 N–H and O–H groups in total. The Labute approximate surface area is 846 Å². The molecular formula is C115H136N16O14. The van der Waals surface area contributed by atoms with Gasteiger partial charge in [-0.2, -0.15) is 0 Å².